The minimum Gasteiger partial charge on any atom is -0.497 e. The summed E-state index contributed by atoms with van der Waals surface area (Å²) in [6, 6.07) is 15.8. The zero-order valence-corrected chi connectivity index (χ0v) is 17.1. The van der Waals surface area contributed by atoms with Crippen molar-refractivity contribution >= 4 is 11.8 Å². The number of fused-ring (bicyclic) bond motifs is 1. The number of thioether (sulfide) groups is 1. The van der Waals surface area contributed by atoms with Crippen molar-refractivity contribution in [3.63, 3.8) is 0 Å². The molecule has 7 heteroatoms. The van der Waals surface area contributed by atoms with E-state index in [1.807, 2.05) is 30.3 Å². The quantitative estimate of drug-likeness (QED) is 0.553. The summed E-state index contributed by atoms with van der Waals surface area (Å²) in [5, 5.41) is 18.9. The molecule has 0 spiro atoms. The molecule has 0 saturated heterocycles. The number of aromatic nitrogens is 2. The average Bonchev–Trinajstić information content (AvgIpc) is 3.25. The highest BCUT2D eigenvalue weighted by Crippen LogP contribution is 2.32. The van der Waals surface area contributed by atoms with Crippen molar-refractivity contribution in [2.75, 3.05) is 19.5 Å². The molecule has 1 aromatic heterocycles. The van der Waals surface area contributed by atoms with Gasteiger partial charge in [-0.15, -0.1) is 10.2 Å². The van der Waals surface area contributed by atoms with E-state index in [-0.39, 0.29) is 12.7 Å². The molecule has 29 heavy (non-hydrogen) atoms. The summed E-state index contributed by atoms with van der Waals surface area (Å²) in [5.74, 6) is 1.64. The second-order valence-corrected chi connectivity index (χ2v) is 7.95. The molecule has 1 heterocycles. The van der Waals surface area contributed by atoms with Gasteiger partial charge in [0.25, 0.3) is 5.22 Å². The second-order valence-electron chi connectivity index (χ2n) is 6.98. The lowest BCUT2D eigenvalue weighted by Crippen LogP contribution is -2.22. The molecule has 0 fully saturated rings. The van der Waals surface area contributed by atoms with Gasteiger partial charge in [-0.3, -0.25) is 0 Å². The summed E-state index contributed by atoms with van der Waals surface area (Å²) in [6.07, 6.45) is 2.66. The van der Waals surface area contributed by atoms with Crippen LogP contribution >= 0.6 is 11.8 Å². The summed E-state index contributed by atoms with van der Waals surface area (Å²) in [7, 11) is 1.62. The molecule has 1 aliphatic carbocycles. The monoisotopic (exact) mass is 412 g/mol. The van der Waals surface area contributed by atoms with Gasteiger partial charge in [-0.25, -0.2) is 0 Å². The average molecular weight is 413 g/mol. The Kier molecular flexibility index (Phi) is 6.49. The van der Waals surface area contributed by atoms with E-state index in [0.717, 1.165) is 30.6 Å². The molecule has 0 saturated carbocycles. The Morgan fingerprint density at radius 3 is 2.83 bits per heavy atom. The standard InChI is InChI=1S/C22H24N2O4S/c1-26-18-11-9-16(10-12-18)21-23-24-22(28-21)29-14-17(25)13-27-20-8-4-6-15-5-2-3-7-19(15)20/h2-3,5,7,9-12,17,20,25H,4,6,8,13-14H2,1H3/t17-,20+/m0/s1. The molecule has 6 nitrogen and oxygen atoms in total. The summed E-state index contributed by atoms with van der Waals surface area (Å²) < 4.78 is 16.8. The number of aryl methyl sites for hydroxylation is 1. The van der Waals surface area contributed by atoms with Crippen LogP contribution in [0.25, 0.3) is 11.5 Å². The van der Waals surface area contributed by atoms with Gasteiger partial charge in [0.15, 0.2) is 0 Å². The normalized spacial score (nSPS) is 17.0. The first-order valence-electron chi connectivity index (χ1n) is 9.71. The van der Waals surface area contributed by atoms with E-state index in [9.17, 15) is 5.11 Å². The zero-order valence-electron chi connectivity index (χ0n) is 16.3. The second kappa shape index (κ2) is 9.43. The third kappa shape index (κ3) is 4.98. The van der Waals surface area contributed by atoms with Crippen molar-refractivity contribution in [1.82, 2.24) is 10.2 Å². The summed E-state index contributed by atoms with van der Waals surface area (Å²) in [4.78, 5) is 0. The molecule has 3 aromatic rings. The molecule has 0 bridgehead atoms. The van der Waals surface area contributed by atoms with E-state index in [1.54, 1.807) is 7.11 Å². The zero-order chi connectivity index (χ0) is 20.1. The first kappa shape index (κ1) is 19.9. The Labute approximate surface area is 174 Å². The van der Waals surface area contributed by atoms with Gasteiger partial charge in [-0.05, 0) is 54.7 Å². The highest BCUT2D eigenvalue weighted by molar-refractivity contribution is 7.99. The largest absolute Gasteiger partial charge is 0.497 e. The Bertz CT molecular complexity index is 929. The van der Waals surface area contributed by atoms with Gasteiger partial charge in [0.1, 0.15) is 5.75 Å². The fourth-order valence-electron chi connectivity index (χ4n) is 3.44. The van der Waals surface area contributed by atoms with E-state index in [4.69, 9.17) is 13.9 Å². The fourth-order valence-corrected chi connectivity index (χ4v) is 4.11. The van der Waals surface area contributed by atoms with Crippen LogP contribution in [0.4, 0.5) is 0 Å². The number of hydrogen-bond donors (Lipinski definition) is 1. The molecule has 4 rings (SSSR count). The Hall–Kier alpha value is -2.35. The van der Waals surface area contributed by atoms with Crippen LogP contribution in [-0.4, -0.2) is 40.9 Å². The lowest BCUT2D eigenvalue weighted by molar-refractivity contribution is -0.00963. The van der Waals surface area contributed by atoms with Crippen LogP contribution in [0.5, 0.6) is 5.75 Å². The van der Waals surface area contributed by atoms with Gasteiger partial charge in [-0.2, -0.15) is 0 Å². The molecule has 0 unspecified atom stereocenters. The summed E-state index contributed by atoms with van der Waals surface area (Å²) >= 11 is 1.33. The number of ether oxygens (including phenoxy) is 2. The van der Waals surface area contributed by atoms with Crippen molar-refractivity contribution < 1.29 is 19.0 Å². The number of hydrogen-bond acceptors (Lipinski definition) is 7. The van der Waals surface area contributed by atoms with Crippen molar-refractivity contribution in [1.29, 1.82) is 0 Å². The van der Waals surface area contributed by atoms with E-state index < -0.39 is 6.10 Å². The maximum atomic E-state index is 10.3. The Morgan fingerprint density at radius 1 is 1.17 bits per heavy atom. The first-order chi connectivity index (χ1) is 14.2. The van der Waals surface area contributed by atoms with Crippen LogP contribution in [0.15, 0.2) is 58.2 Å². The molecule has 1 N–H and O–H groups in total. The van der Waals surface area contributed by atoms with Crippen molar-refractivity contribution in [2.45, 2.75) is 36.7 Å². The topological polar surface area (TPSA) is 77.6 Å². The molecular weight excluding hydrogens is 388 g/mol. The molecule has 2 aromatic carbocycles. The highest BCUT2D eigenvalue weighted by Gasteiger charge is 2.21. The first-order valence-corrected chi connectivity index (χ1v) is 10.7. The lowest BCUT2D eigenvalue weighted by Gasteiger charge is -2.26. The van der Waals surface area contributed by atoms with Crippen LogP contribution in [0.2, 0.25) is 0 Å². The number of rotatable bonds is 8. The van der Waals surface area contributed by atoms with E-state index in [0.29, 0.717) is 16.9 Å². The van der Waals surface area contributed by atoms with E-state index in [2.05, 4.69) is 28.4 Å². The molecule has 0 radical (unpaired) electrons. The molecule has 0 aliphatic heterocycles. The van der Waals surface area contributed by atoms with Crippen LogP contribution < -0.4 is 4.74 Å². The maximum Gasteiger partial charge on any atom is 0.276 e. The molecule has 0 amide bonds. The number of aliphatic hydroxyl groups is 1. The van der Waals surface area contributed by atoms with Gasteiger partial charge in [0.2, 0.25) is 5.89 Å². The van der Waals surface area contributed by atoms with Crippen LogP contribution in [-0.2, 0) is 11.2 Å². The van der Waals surface area contributed by atoms with Crippen molar-refractivity contribution in [3.05, 3.63) is 59.7 Å². The van der Waals surface area contributed by atoms with Gasteiger partial charge in [0, 0.05) is 11.3 Å². The van der Waals surface area contributed by atoms with Crippen molar-refractivity contribution in [2.24, 2.45) is 0 Å². The van der Waals surface area contributed by atoms with Gasteiger partial charge < -0.3 is 19.0 Å². The van der Waals surface area contributed by atoms with Crippen LogP contribution in [0.3, 0.4) is 0 Å². The number of nitrogens with zero attached hydrogens (tertiary/aromatic N) is 2. The minimum atomic E-state index is -0.606. The van der Waals surface area contributed by atoms with Crippen molar-refractivity contribution in [3.8, 4) is 17.2 Å². The number of aliphatic hydroxyl groups excluding tert-OH is 1. The third-order valence-corrected chi connectivity index (χ3v) is 5.91. The molecule has 152 valence electrons. The Morgan fingerprint density at radius 2 is 2.00 bits per heavy atom. The van der Waals surface area contributed by atoms with Gasteiger partial charge in [-0.1, -0.05) is 36.0 Å². The SMILES string of the molecule is COc1ccc(-c2nnc(SC[C@@H](O)CO[C@@H]3CCCc4ccccc43)o2)cc1. The minimum absolute atomic E-state index is 0.0599. The van der Waals surface area contributed by atoms with Crippen LogP contribution in [0, 0.1) is 0 Å². The van der Waals surface area contributed by atoms with Gasteiger partial charge in [0.05, 0.1) is 25.9 Å². The molecular formula is C22H24N2O4S. The van der Waals surface area contributed by atoms with Crippen LogP contribution in [0.1, 0.15) is 30.1 Å². The lowest BCUT2D eigenvalue weighted by atomic mass is 9.89. The predicted molar refractivity (Wildman–Crippen MR) is 111 cm³/mol. The van der Waals surface area contributed by atoms with Gasteiger partial charge >= 0.3 is 0 Å². The summed E-state index contributed by atoms with van der Waals surface area (Å²) in [6.45, 7) is 0.283. The Balaban J connectivity index is 1.27. The fraction of sp³-hybridized carbons (Fsp3) is 0.364. The maximum absolute atomic E-state index is 10.3. The third-order valence-electron chi connectivity index (χ3n) is 4.95. The highest BCUT2D eigenvalue weighted by atomic mass is 32.2. The smallest absolute Gasteiger partial charge is 0.276 e. The number of benzene rings is 2. The number of methoxy groups -OCH3 is 1. The van der Waals surface area contributed by atoms with E-state index in [1.165, 1.54) is 22.9 Å². The predicted octanol–water partition coefficient (Wildman–Crippen LogP) is 4.29. The molecule has 1 aliphatic rings. The molecule has 2 atom stereocenters. The summed E-state index contributed by atoms with van der Waals surface area (Å²) in [5.41, 5.74) is 3.43. The van der Waals surface area contributed by atoms with E-state index >= 15 is 0 Å².